The van der Waals surface area contributed by atoms with Gasteiger partial charge in [-0.3, -0.25) is 23.5 Å². The first kappa shape index (κ1) is 42.9. The normalized spacial score (nSPS) is 11.1. The zero-order valence-corrected chi connectivity index (χ0v) is 27.6. The molecule has 282 valence electrons. The molecule has 0 saturated heterocycles. The van der Waals surface area contributed by atoms with Crippen LogP contribution in [0.1, 0.15) is 44.7 Å². The van der Waals surface area contributed by atoms with Gasteiger partial charge in [-0.2, -0.15) is 36.9 Å². The highest BCUT2D eigenvalue weighted by molar-refractivity contribution is 5.80. The molecular weight excluding hydrogens is 736 g/mol. The molecule has 2 aromatic heterocycles. The van der Waals surface area contributed by atoms with Crippen LogP contribution in [0.15, 0.2) is 55.6 Å². The minimum atomic E-state index is -4.96. The second-order valence-electron chi connectivity index (χ2n) is 10.0. The first-order chi connectivity index (χ1) is 24.7. The largest absolute Gasteiger partial charge is 0.431 e. The van der Waals surface area contributed by atoms with Crippen LogP contribution in [0.25, 0.3) is 11.4 Å². The van der Waals surface area contributed by atoms with Crippen molar-refractivity contribution >= 4 is 6.29 Å². The zero-order chi connectivity index (χ0) is 40.7. The lowest BCUT2D eigenvalue weighted by atomic mass is 10.1. The summed E-state index contributed by atoms with van der Waals surface area (Å²) in [6, 6.07) is 6.62. The maximum atomic E-state index is 14.4. The number of hydrogen-bond donors (Lipinski definition) is 1. The minimum Gasteiger partial charge on any atom is -0.400 e. The summed E-state index contributed by atoms with van der Waals surface area (Å²) in [4.78, 5) is 59.3. The molecule has 0 aliphatic heterocycles. The Balaban J connectivity index is 0.000000353. The average molecular weight is 761 g/mol. The topological polar surface area (TPSA) is 191 Å². The smallest absolute Gasteiger partial charge is 0.400 e. The van der Waals surface area contributed by atoms with E-state index in [1.165, 1.54) is 14.2 Å². The molecule has 53 heavy (non-hydrogen) atoms. The molecule has 0 aliphatic rings. The summed E-state index contributed by atoms with van der Waals surface area (Å²) in [6.07, 6.45) is -10.8. The Morgan fingerprint density at radius 3 is 1.42 bits per heavy atom. The molecule has 14 nitrogen and oxygen atoms in total. The van der Waals surface area contributed by atoms with Crippen molar-refractivity contribution in [2.75, 3.05) is 21.3 Å². The summed E-state index contributed by atoms with van der Waals surface area (Å²) in [7, 11) is 5.04. The number of methoxy groups -OCH3 is 2. The van der Waals surface area contributed by atoms with Crippen LogP contribution in [-0.4, -0.2) is 51.0 Å². The molecule has 4 aromatic rings. The Morgan fingerprint density at radius 1 is 0.698 bits per heavy atom. The third-order valence-corrected chi connectivity index (χ3v) is 6.99. The Hall–Kier alpha value is -6.23. The first-order valence-electron chi connectivity index (χ1n) is 13.9. The number of hydrogen-bond acceptors (Lipinski definition) is 10. The van der Waals surface area contributed by atoms with Gasteiger partial charge in [-0.1, -0.05) is 0 Å². The van der Waals surface area contributed by atoms with Crippen LogP contribution >= 0.6 is 0 Å². The van der Waals surface area contributed by atoms with Gasteiger partial charge in [0.2, 0.25) is 0 Å². The van der Waals surface area contributed by atoms with Crippen LogP contribution < -0.4 is 22.5 Å². The predicted molar refractivity (Wildman–Crippen MR) is 164 cm³/mol. The third kappa shape index (κ3) is 8.81. The highest BCUT2D eigenvalue weighted by atomic mass is 19.4. The van der Waals surface area contributed by atoms with Crippen molar-refractivity contribution in [3.63, 3.8) is 0 Å². The van der Waals surface area contributed by atoms with Crippen molar-refractivity contribution in [3.05, 3.63) is 123 Å². The number of halogens is 8. The molecule has 0 fully saturated rings. The lowest BCUT2D eigenvalue weighted by Gasteiger charge is -2.18. The van der Waals surface area contributed by atoms with E-state index in [9.17, 15) is 59.1 Å². The molecule has 0 amide bonds. The van der Waals surface area contributed by atoms with Gasteiger partial charge in [0.25, 0.3) is 11.1 Å². The second-order valence-corrected chi connectivity index (χ2v) is 10.0. The number of nitrogens with zero attached hydrogens (tertiary/aromatic N) is 6. The Morgan fingerprint density at radius 2 is 1.08 bits per heavy atom. The van der Waals surface area contributed by atoms with Crippen molar-refractivity contribution in [3.8, 4) is 23.5 Å². The number of aromatic nitrogens is 4. The first-order valence-corrected chi connectivity index (χ1v) is 13.9. The highest BCUT2D eigenvalue weighted by Gasteiger charge is 2.36. The van der Waals surface area contributed by atoms with Crippen molar-refractivity contribution in [1.29, 1.82) is 10.5 Å². The standard InChI is InChI=1S/C16H13F4N3O4.C14H7F4N3O3.CH4O/c1-22-12(16(18,19)20)6-13(24)23(15(22)25)11-5-9(14(26-2)27-3)8(7-21)4-10(11)17;1-20-11(14(16,17)18)4-12(23)21(13(20)24)10-3-8(6-22)7(5-19)2-9(10)15;1-2/h4-6,14H,1-3H3;2-4,6H,1H3;2H,1H3. The average Bonchev–Trinajstić information content (AvgIpc) is 3.10. The molecule has 0 aliphatic carbocycles. The summed E-state index contributed by atoms with van der Waals surface area (Å²) in [5.41, 5.74) is -10.9. The molecule has 0 spiro atoms. The Labute approximate surface area is 290 Å². The summed E-state index contributed by atoms with van der Waals surface area (Å²) >= 11 is 0. The molecule has 0 unspecified atom stereocenters. The molecule has 0 saturated carbocycles. The van der Waals surface area contributed by atoms with E-state index < -0.39 is 75.5 Å². The van der Waals surface area contributed by atoms with Crippen molar-refractivity contribution < 1.29 is 54.5 Å². The Kier molecular flexibility index (Phi) is 13.7. The van der Waals surface area contributed by atoms with E-state index in [2.05, 4.69) is 0 Å². The van der Waals surface area contributed by atoms with Crippen molar-refractivity contribution in [2.24, 2.45) is 14.1 Å². The zero-order valence-electron chi connectivity index (χ0n) is 27.6. The summed E-state index contributed by atoms with van der Waals surface area (Å²) in [5, 5.41) is 24.9. The number of carbonyl (C=O) groups is 1. The lowest BCUT2D eigenvalue weighted by molar-refractivity contribution is -0.144. The number of aliphatic hydroxyl groups excluding tert-OH is 1. The molecule has 1 N–H and O–H groups in total. The fourth-order valence-electron chi connectivity index (χ4n) is 4.57. The van der Waals surface area contributed by atoms with E-state index in [4.69, 9.17) is 25.1 Å². The summed E-state index contributed by atoms with van der Waals surface area (Å²) in [6.45, 7) is 0. The number of aldehydes is 1. The van der Waals surface area contributed by atoms with E-state index in [1.807, 2.05) is 0 Å². The van der Waals surface area contributed by atoms with Gasteiger partial charge < -0.3 is 14.6 Å². The van der Waals surface area contributed by atoms with Gasteiger partial charge in [0.05, 0.1) is 34.6 Å². The second kappa shape index (κ2) is 16.9. The quantitative estimate of drug-likeness (QED) is 0.174. The molecular formula is C31H24F8N6O8. The van der Waals surface area contributed by atoms with E-state index in [-0.39, 0.29) is 58.9 Å². The molecule has 22 heteroatoms. The number of alkyl halides is 6. The monoisotopic (exact) mass is 760 g/mol. The van der Waals surface area contributed by atoms with E-state index >= 15 is 0 Å². The van der Waals surface area contributed by atoms with Crippen LogP contribution in [0.3, 0.4) is 0 Å². The maximum Gasteiger partial charge on any atom is 0.431 e. The van der Waals surface area contributed by atoms with E-state index in [0.29, 0.717) is 6.07 Å². The minimum absolute atomic E-state index is 0.00671. The van der Waals surface area contributed by atoms with Crippen molar-refractivity contribution in [1.82, 2.24) is 18.3 Å². The van der Waals surface area contributed by atoms with Gasteiger partial charge >= 0.3 is 23.7 Å². The predicted octanol–water partition coefficient (Wildman–Crippen LogP) is 2.84. The SMILES string of the molecule is CO.COC(OC)c1cc(-n2c(=O)cc(C(F)(F)F)n(C)c2=O)c(F)cc1C#N.Cn1c(C(F)(F)F)cc(=O)n(-c2cc(C=O)c(C#N)cc2F)c1=O. The molecule has 4 rings (SSSR count). The van der Waals surface area contributed by atoms with Gasteiger partial charge in [-0.25, -0.2) is 27.5 Å². The van der Waals surface area contributed by atoms with Crippen LogP contribution in [0.5, 0.6) is 0 Å². The van der Waals surface area contributed by atoms with Crippen LogP contribution in [0, 0.1) is 34.3 Å². The fourth-order valence-corrected chi connectivity index (χ4v) is 4.57. The molecule has 2 aromatic carbocycles. The number of benzene rings is 2. The van der Waals surface area contributed by atoms with Crippen LogP contribution in [0.2, 0.25) is 0 Å². The summed E-state index contributed by atoms with van der Waals surface area (Å²) in [5.74, 6) is -2.36. The van der Waals surface area contributed by atoms with Crippen LogP contribution in [-0.2, 0) is 35.9 Å². The van der Waals surface area contributed by atoms with Crippen molar-refractivity contribution in [2.45, 2.75) is 18.6 Å². The van der Waals surface area contributed by atoms with E-state index in [1.54, 1.807) is 12.1 Å². The Bertz CT molecular complexity index is 2360. The third-order valence-electron chi connectivity index (χ3n) is 6.99. The van der Waals surface area contributed by atoms with Crippen LogP contribution in [0.4, 0.5) is 35.1 Å². The highest BCUT2D eigenvalue weighted by Crippen LogP contribution is 2.29. The number of aliphatic hydroxyl groups is 1. The summed E-state index contributed by atoms with van der Waals surface area (Å²) < 4.78 is 116. The maximum absolute atomic E-state index is 14.4. The number of carbonyl (C=O) groups excluding carboxylic acids is 1. The molecule has 0 bridgehead atoms. The lowest BCUT2D eigenvalue weighted by Crippen LogP contribution is -2.41. The van der Waals surface area contributed by atoms with E-state index in [0.717, 1.165) is 39.4 Å². The molecule has 0 atom stereocenters. The van der Waals surface area contributed by atoms with Gasteiger partial charge in [-0.05, 0) is 24.3 Å². The number of ether oxygens (including phenoxy) is 2. The van der Waals surface area contributed by atoms with Gasteiger partial charge in [0.1, 0.15) is 23.0 Å². The number of nitriles is 2. The number of rotatable bonds is 6. The fraction of sp³-hybridized carbons (Fsp3) is 0.258. The molecule has 2 heterocycles. The van der Waals surface area contributed by atoms with Gasteiger partial charge in [0, 0.05) is 58.7 Å². The van der Waals surface area contributed by atoms with Gasteiger partial charge in [-0.15, -0.1) is 0 Å². The van der Waals surface area contributed by atoms with Gasteiger partial charge in [0.15, 0.2) is 12.6 Å². The molecule has 0 radical (unpaired) electrons.